The van der Waals surface area contributed by atoms with Crippen molar-refractivity contribution < 1.29 is 23.9 Å². The summed E-state index contributed by atoms with van der Waals surface area (Å²) >= 11 is 15.7. The van der Waals surface area contributed by atoms with Gasteiger partial charge < -0.3 is 10.1 Å². The zero-order chi connectivity index (χ0) is 26.7. The van der Waals surface area contributed by atoms with E-state index in [0.717, 1.165) is 14.9 Å². The summed E-state index contributed by atoms with van der Waals surface area (Å²) in [7, 11) is 0. The Kier molecular flexibility index (Phi) is 7.97. The van der Waals surface area contributed by atoms with Crippen LogP contribution < -0.4 is 20.3 Å². The first kappa shape index (κ1) is 26.4. The third-order valence-corrected chi connectivity index (χ3v) is 6.50. The highest BCUT2D eigenvalue weighted by Gasteiger charge is 2.36. The second-order valence-electron chi connectivity index (χ2n) is 7.92. The number of amides is 5. The number of nitrogens with one attached hydrogen (secondary N) is 2. The molecule has 5 amide bonds. The van der Waals surface area contributed by atoms with Crippen molar-refractivity contribution in [2.24, 2.45) is 0 Å². The van der Waals surface area contributed by atoms with Crippen LogP contribution in [0.25, 0.3) is 6.08 Å². The van der Waals surface area contributed by atoms with Gasteiger partial charge in [-0.15, -0.1) is 0 Å². The van der Waals surface area contributed by atoms with Gasteiger partial charge >= 0.3 is 6.03 Å². The molecule has 0 aromatic heterocycles. The van der Waals surface area contributed by atoms with Crippen LogP contribution in [0.1, 0.15) is 11.1 Å². The zero-order valence-electron chi connectivity index (χ0n) is 19.2. The number of barbiturate groups is 1. The number of rotatable bonds is 6. The molecule has 1 fully saturated rings. The van der Waals surface area contributed by atoms with Crippen molar-refractivity contribution in [2.75, 3.05) is 16.8 Å². The van der Waals surface area contributed by atoms with Crippen molar-refractivity contribution in [1.82, 2.24) is 5.32 Å². The molecule has 3 aromatic rings. The van der Waals surface area contributed by atoms with Gasteiger partial charge in [-0.2, -0.15) is 0 Å². The van der Waals surface area contributed by atoms with E-state index in [1.165, 1.54) is 18.2 Å². The monoisotopic (exact) mass is 601 g/mol. The zero-order valence-corrected chi connectivity index (χ0v) is 22.3. The predicted molar refractivity (Wildman–Crippen MR) is 145 cm³/mol. The number of carbonyl (C=O) groups is 4. The van der Waals surface area contributed by atoms with Crippen LogP contribution in [0.3, 0.4) is 0 Å². The first-order valence-corrected chi connectivity index (χ1v) is 12.3. The van der Waals surface area contributed by atoms with Crippen LogP contribution in [0.2, 0.25) is 10.0 Å². The fourth-order valence-corrected chi connectivity index (χ4v) is 4.07. The van der Waals surface area contributed by atoms with Gasteiger partial charge in [-0.1, -0.05) is 51.3 Å². The number of carbonyl (C=O) groups excluding carboxylic acids is 4. The minimum absolute atomic E-state index is 0.157. The fraction of sp³-hybridized carbons (Fsp3) is 0.0769. The lowest BCUT2D eigenvalue weighted by Crippen LogP contribution is -2.54. The van der Waals surface area contributed by atoms with Crippen LogP contribution in [0.5, 0.6) is 5.75 Å². The van der Waals surface area contributed by atoms with E-state index < -0.39 is 23.8 Å². The molecule has 2 N–H and O–H groups in total. The molecule has 11 heteroatoms. The number of imide groups is 2. The lowest BCUT2D eigenvalue weighted by Gasteiger charge is -2.26. The van der Waals surface area contributed by atoms with E-state index in [-0.39, 0.29) is 23.0 Å². The maximum absolute atomic E-state index is 13.0. The van der Waals surface area contributed by atoms with Crippen LogP contribution in [0, 0.1) is 6.92 Å². The lowest BCUT2D eigenvalue weighted by molar-refractivity contribution is -0.122. The fourth-order valence-electron chi connectivity index (χ4n) is 3.38. The summed E-state index contributed by atoms with van der Waals surface area (Å²) in [6.45, 7) is 1.55. The number of anilines is 2. The van der Waals surface area contributed by atoms with E-state index >= 15 is 0 Å². The largest absolute Gasteiger partial charge is 0.482 e. The minimum Gasteiger partial charge on any atom is -0.482 e. The molecule has 0 radical (unpaired) electrons. The van der Waals surface area contributed by atoms with Crippen molar-refractivity contribution in [3.8, 4) is 5.75 Å². The number of halogens is 3. The van der Waals surface area contributed by atoms with Gasteiger partial charge in [-0.25, -0.2) is 9.69 Å². The van der Waals surface area contributed by atoms with Gasteiger partial charge in [0.05, 0.1) is 10.7 Å². The number of aryl methyl sites for hydroxylation is 1. The van der Waals surface area contributed by atoms with Gasteiger partial charge in [0.1, 0.15) is 11.3 Å². The van der Waals surface area contributed by atoms with Crippen molar-refractivity contribution in [1.29, 1.82) is 0 Å². The molecule has 188 valence electrons. The van der Waals surface area contributed by atoms with E-state index in [4.69, 9.17) is 27.9 Å². The number of hydrogen-bond acceptors (Lipinski definition) is 5. The third-order valence-electron chi connectivity index (χ3n) is 5.27. The molecular weight excluding hydrogens is 585 g/mol. The van der Waals surface area contributed by atoms with E-state index in [9.17, 15) is 19.2 Å². The number of nitrogens with zero attached hydrogens (tertiary/aromatic N) is 1. The number of ether oxygens (including phenoxy) is 1. The second kappa shape index (κ2) is 11.2. The second-order valence-corrected chi connectivity index (χ2v) is 9.66. The van der Waals surface area contributed by atoms with Gasteiger partial charge in [-0.3, -0.25) is 19.7 Å². The Hall–Kier alpha value is -3.66. The molecule has 0 atom stereocenters. The third kappa shape index (κ3) is 6.19. The molecule has 1 saturated heterocycles. The molecule has 0 saturated carbocycles. The summed E-state index contributed by atoms with van der Waals surface area (Å²) in [5.41, 5.74) is 1.89. The normalized spacial score (nSPS) is 14.5. The van der Waals surface area contributed by atoms with Crippen LogP contribution in [0.15, 0.2) is 70.7 Å². The van der Waals surface area contributed by atoms with Crippen molar-refractivity contribution in [2.45, 2.75) is 6.92 Å². The first-order valence-electron chi connectivity index (χ1n) is 10.8. The SMILES string of the molecule is Cc1ccc(NC(=O)COc2ccc(/C=C3\C(=O)NC(=O)N(c4ccc(Br)cc4)C3=O)cc2Cl)cc1Cl. The molecule has 8 nitrogen and oxygen atoms in total. The Bertz CT molecular complexity index is 1460. The number of hydrogen-bond donors (Lipinski definition) is 2. The van der Waals surface area contributed by atoms with Crippen molar-refractivity contribution >= 4 is 80.3 Å². The van der Waals surface area contributed by atoms with E-state index in [1.54, 1.807) is 48.5 Å². The van der Waals surface area contributed by atoms with Crippen LogP contribution in [-0.2, 0) is 14.4 Å². The van der Waals surface area contributed by atoms with Gasteiger partial charge in [0.15, 0.2) is 6.61 Å². The summed E-state index contributed by atoms with van der Waals surface area (Å²) < 4.78 is 6.28. The molecule has 4 rings (SSSR count). The maximum atomic E-state index is 13.0. The molecule has 0 aliphatic carbocycles. The Morgan fingerprint density at radius 2 is 1.76 bits per heavy atom. The number of benzene rings is 3. The summed E-state index contributed by atoms with van der Waals surface area (Å²) in [6, 6.07) is 15.3. The highest BCUT2D eigenvalue weighted by molar-refractivity contribution is 9.10. The van der Waals surface area contributed by atoms with Crippen LogP contribution in [-0.4, -0.2) is 30.4 Å². The van der Waals surface area contributed by atoms with Gasteiger partial charge in [0.25, 0.3) is 17.7 Å². The summed E-state index contributed by atoms with van der Waals surface area (Å²) in [5, 5.41) is 5.53. The van der Waals surface area contributed by atoms with Gasteiger partial charge in [0, 0.05) is 15.2 Å². The smallest absolute Gasteiger partial charge is 0.335 e. The molecule has 3 aromatic carbocycles. The standard InChI is InChI=1S/C26H18BrCl2N3O5/c1-14-2-6-17(12-20(14)28)30-23(33)13-37-22-9-3-15(11-21(22)29)10-19-24(34)31-26(36)32(25(19)35)18-7-4-16(27)5-8-18/h2-12H,13H2,1H3,(H,30,33)(H,31,34,36)/b19-10+. The van der Waals surface area contributed by atoms with Crippen molar-refractivity contribution in [3.05, 3.63) is 91.9 Å². The molecule has 0 unspecified atom stereocenters. The molecular formula is C26H18BrCl2N3O5. The highest BCUT2D eigenvalue weighted by atomic mass is 79.9. The summed E-state index contributed by atoms with van der Waals surface area (Å²) in [4.78, 5) is 50.9. The van der Waals surface area contributed by atoms with Gasteiger partial charge in [0.2, 0.25) is 0 Å². The Balaban J connectivity index is 1.46. The topological polar surface area (TPSA) is 105 Å². The molecule has 0 bridgehead atoms. The number of urea groups is 1. The van der Waals surface area contributed by atoms with Crippen LogP contribution in [0.4, 0.5) is 16.2 Å². The first-order chi connectivity index (χ1) is 17.6. The average molecular weight is 603 g/mol. The summed E-state index contributed by atoms with van der Waals surface area (Å²) in [6.07, 6.45) is 1.32. The Morgan fingerprint density at radius 1 is 1.03 bits per heavy atom. The van der Waals surface area contributed by atoms with Crippen LogP contribution >= 0.6 is 39.1 Å². The molecule has 1 aliphatic rings. The Morgan fingerprint density at radius 3 is 2.43 bits per heavy atom. The molecule has 1 heterocycles. The Labute approximate surface area is 230 Å². The summed E-state index contributed by atoms with van der Waals surface area (Å²) in [5.74, 6) is -1.79. The van der Waals surface area contributed by atoms with E-state index in [2.05, 4.69) is 26.6 Å². The van der Waals surface area contributed by atoms with Crippen molar-refractivity contribution in [3.63, 3.8) is 0 Å². The highest BCUT2D eigenvalue weighted by Crippen LogP contribution is 2.28. The quantitative estimate of drug-likeness (QED) is 0.276. The van der Waals surface area contributed by atoms with Gasteiger partial charge in [-0.05, 0) is 72.7 Å². The maximum Gasteiger partial charge on any atom is 0.335 e. The van der Waals surface area contributed by atoms with E-state index in [1.807, 2.05) is 6.92 Å². The van der Waals surface area contributed by atoms with E-state index in [0.29, 0.717) is 22.0 Å². The predicted octanol–water partition coefficient (Wildman–Crippen LogP) is 5.75. The molecule has 37 heavy (non-hydrogen) atoms. The lowest BCUT2D eigenvalue weighted by atomic mass is 10.1. The molecule has 0 spiro atoms. The average Bonchev–Trinajstić information content (AvgIpc) is 2.84. The minimum atomic E-state index is -0.845. The molecule has 1 aliphatic heterocycles.